The van der Waals surface area contributed by atoms with Crippen LogP contribution >= 0.6 is 0 Å². The van der Waals surface area contributed by atoms with Crippen molar-refractivity contribution in [2.75, 3.05) is 13.6 Å². The molecule has 0 fully saturated rings. The number of rotatable bonds is 4. The van der Waals surface area contributed by atoms with Crippen LogP contribution in [0.5, 0.6) is 23.0 Å². The zero-order valence-corrected chi connectivity index (χ0v) is 11.8. The molecule has 5 heteroatoms. The van der Waals surface area contributed by atoms with Crippen molar-refractivity contribution in [2.24, 2.45) is 0 Å². The zero-order valence-electron chi connectivity index (χ0n) is 11.8. The summed E-state index contributed by atoms with van der Waals surface area (Å²) < 4.78 is 21.3. The van der Waals surface area contributed by atoms with Crippen molar-refractivity contribution in [1.29, 1.82) is 0 Å². The fourth-order valence-corrected chi connectivity index (χ4v) is 2.71. The molecule has 0 amide bonds. The largest absolute Gasteiger partial charge is 0.454 e. The van der Waals surface area contributed by atoms with E-state index in [4.69, 9.17) is 18.9 Å². The van der Waals surface area contributed by atoms with Gasteiger partial charge < -0.3 is 23.7 Å². The van der Waals surface area contributed by atoms with Crippen LogP contribution in [0.4, 0.5) is 0 Å². The highest BCUT2D eigenvalue weighted by Crippen LogP contribution is 2.36. The average molecular weight is 298 g/mol. The average Bonchev–Trinajstić information content (AvgIpc) is 3.19. The number of fused-ring (bicyclic) bond motifs is 2. The lowest BCUT2D eigenvalue weighted by Gasteiger charge is -2.12. The fourth-order valence-electron chi connectivity index (χ4n) is 2.71. The SMILES string of the molecule is O=CC(Cc1ccc2c(c1)OCO2)c1ccc2c(c1)OCO2. The first-order valence-corrected chi connectivity index (χ1v) is 7.07. The molecule has 112 valence electrons. The molecule has 4 rings (SSSR count). The van der Waals surface area contributed by atoms with Gasteiger partial charge in [0.1, 0.15) is 6.29 Å². The zero-order chi connectivity index (χ0) is 14.9. The van der Waals surface area contributed by atoms with Gasteiger partial charge in [0, 0.05) is 5.92 Å². The molecule has 0 N–H and O–H groups in total. The lowest BCUT2D eigenvalue weighted by Crippen LogP contribution is -2.04. The van der Waals surface area contributed by atoms with Gasteiger partial charge in [0.15, 0.2) is 23.0 Å². The minimum Gasteiger partial charge on any atom is -0.454 e. The second kappa shape index (κ2) is 5.26. The van der Waals surface area contributed by atoms with Gasteiger partial charge in [-0.25, -0.2) is 0 Å². The predicted molar refractivity (Wildman–Crippen MR) is 77.6 cm³/mol. The van der Waals surface area contributed by atoms with E-state index in [0.29, 0.717) is 12.2 Å². The standard InChI is InChI=1S/C17H14O5/c18-8-13(12-2-4-15-17(7-12)22-10-20-15)5-11-1-3-14-16(6-11)21-9-19-14/h1-4,6-8,13H,5,9-10H2. The van der Waals surface area contributed by atoms with Crippen molar-refractivity contribution in [3.05, 3.63) is 47.5 Å². The monoisotopic (exact) mass is 298 g/mol. The quantitative estimate of drug-likeness (QED) is 0.812. The van der Waals surface area contributed by atoms with E-state index in [2.05, 4.69) is 0 Å². The Morgan fingerprint density at radius 2 is 1.50 bits per heavy atom. The molecular formula is C17H14O5. The van der Waals surface area contributed by atoms with Crippen molar-refractivity contribution in [1.82, 2.24) is 0 Å². The Morgan fingerprint density at radius 1 is 0.864 bits per heavy atom. The summed E-state index contributed by atoms with van der Waals surface area (Å²) in [5, 5.41) is 0. The summed E-state index contributed by atoms with van der Waals surface area (Å²) in [6.45, 7) is 0.477. The molecule has 0 aliphatic carbocycles. The van der Waals surface area contributed by atoms with Gasteiger partial charge in [-0.05, 0) is 41.8 Å². The van der Waals surface area contributed by atoms with Gasteiger partial charge in [0.05, 0.1) is 0 Å². The molecule has 2 aliphatic rings. The molecule has 1 unspecified atom stereocenters. The Kier molecular flexibility index (Phi) is 3.11. The molecule has 0 radical (unpaired) electrons. The summed E-state index contributed by atoms with van der Waals surface area (Å²) >= 11 is 0. The van der Waals surface area contributed by atoms with E-state index in [1.165, 1.54) is 0 Å². The van der Waals surface area contributed by atoms with Crippen LogP contribution in [0.15, 0.2) is 36.4 Å². The molecule has 0 spiro atoms. The third kappa shape index (κ3) is 2.24. The third-order valence-corrected chi connectivity index (χ3v) is 3.88. The highest BCUT2D eigenvalue weighted by Gasteiger charge is 2.19. The van der Waals surface area contributed by atoms with E-state index < -0.39 is 0 Å². The summed E-state index contributed by atoms with van der Waals surface area (Å²) in [6.07, 6.45) is 1.56. The topological polar surface area (TPSA) is 54.0 Å². The van der Waals surface area contributed by atoms with Gasteiger partial charge in [-0.3, -0.25) is 0 Å². The first kappa shape index (κ1) is 13.0. The molecule has 0 bridgehead atoms. The Hall–Kier alpha value is -2.69. The molecule has 5 nitrogen and oxygen atoms in total. The Labute approximate surface area is 127 Å². The smallest absolute Gasteiger partial charge is 0.231 e. The van der Waals surface area contributed by atoms with E-state index in [9.17, 15) is 4.79 Å². The van der Waals surface area contributed by atoms with Gasteiger partial charge in [0.2, 0.25) is 13.6 Å². The molecule has 2 aromatic carbocycles. The third-order valence-electron chi connectivity index (χ3n) is 3.88. The molecule has 1 atom stereocenters. The number of hydrogen-bond donors (Lipinski definition) is 0. The van der Waals surface area contributed by atoms with Crippen LogP contribution in [0.25, 0.3) is 0 Å². The van der Waals surface area contributed by atoms with Crippen LogP contribution < -0.4 is 18.9 Å². The Balaban J connectivity index is 1.58. The molecule has 2 aromatic rings. The van der Waals surface area contributed by atoms with Crippen molar-refractivity contribution in [3.8, 4) is 23.0 Å². The van der Waals surface area contributed by atoms with Crippen LogP contribution in [-0.4, -0.2) is 19.9 Å². The minimum atomic E-state index is -0.241. The molecule has 2 heterocycles. The summed E-state index contributed by atoms with van der Waals surface area (Å²) in [4.78, 5) is 11.5. The second-order valence-electron chi connectivity index (χ2n) is 5.25. The van der Waals surface area contributed by atoms with Crippen LogP contribution in [0, 0.1) is 0 Å². The number of aldehydes is 1. The van der Waals surface area contributed by atoms with E-state index in [-0.39, 0.29) is 19.5 Å². The van der Waals surface area contributed by atoms with Crippen LogP contribution in [0.3, 0.4) is 0 Å². The maximum atomic E-state index is 11.5. The first-order chi connectivity index (χ1) is 10.8. The summed E-state index contributed by atoms with van der Waals surface area (Å²) in [6, 6.07) is 11.4. The van der Waals surface area contributed by atoms with E-state index in [1.54, 1.807) is 0 Å². The minimum absolute atomic E-state index is 0.229. The summed E-state index contributed by atoms with van der Waals surface area (Å²) in [7, 11) is 0. The van der Waals surface area contributed by atoms with Gasteiger partial charge in [-0.1, -0.05) is 12.1 Å². The van der Waals surface area contributed by atoms with E-state index >= 15 is 0 Å². The lowest BCUT2D eigenvalue weighted by molar-refractivity contribution is -0.109. The Bertz CT molecular complexity index is 725. The number of hydrogen-bond acceptors (Lipinski definition) is 5. The number of benzene rings is 2. The molecule has 0 saturated heterocycles. The van der Waals surface area contributed by atoms with Gasteiger partial charge in [-0.15, -0.1) is 0 Å². The number of ether oxygens (including phenoxy) is 4. The van der Waals surface area contributed by atoms with Gasteiger partial charge in [-0.2, -0.15) is 0 Å². The molecule has 2 aliphatic heterocycles. The van der Waals surface area contributed by atoms with Crippen molar-refractivity contribution in [3.63, 3.8) is 0 Å². The Morgan fingerprint density at radius 3 is 2.23 bits per heavy atom. The summed E-state index contributed by atoms with van der Waals surface area (Å²) in [5.74, 6) is 2.64. The molecule has 0 aromatic heterocycles. The van der Waals surface area contributed by atoms with Crippen molar-refractivity contribution in [2.45, 2.75) is 12.3 Å². The van der Waals surface area contributed by atoms with E-state index in [0.717, 1.165) is 34.7 Å². The first-order valence-electron chi connectivity index (χ1n) is 7.07. The van der Waals surface area contributed by atoms with Crippen LogP contribution in [0.1, 0.15) is 17.0 Å². The van der Waals surface area contributed by atoms with Gasteiger partial charge >= 0.3 is 0 Å². The predicted octanol–water partition coefficient (Wildman–Crippen LogP) is 2.67. The second-order valence-corrected chi connectivity index (χ2v) is 5.25. The van der Waals surface area contributed by atoms with E-state index in [1.807, 2.05) is 36.4 Å². The fraction of sp³-hybridized carbons (Fsp3) is 0.235. The van der Waals surface area contributed by atoms with Gasteiger partial charge in [0.25, 0.3) is 0 Å². The maximum Gasteiger partial charge on any atom is 0.231 e. The molecule has 0 saturated carbocycles. The van der Waals surface area contributed by atoms with Crippen molar-refractivity contribution < 1.29 is 23.7 Å². The normalized spacial score (nSPS) is 15.6. The number of carbonyl (C=O) groups excluding carboxylic acids is 1. The van der Waals surface area contributed by atoms with Crippen molar-refractivity contribution >= 4 is 6.29 Å². The number of carbonyl (C=O) groups is 1. The maximum absolute atomic E-state index is 11.5. The highest BCUT2D eigenvalue weighted by molar-refractivity contribution is 5.64. The summed E-state index contributed by atoms with van der Waals surface area (Å²) in [5.41, 5.74) is 1.94. The molecule has 22 heavy (non-hydrogen) atoms. The lowest BCUT2D eigenvalue weighted by atomic mass is 9.93. The highest BCUT2D eigenvalue weighted by atomic mass is 16.7. The molecular weight excluding hydrogens is 284 g/mol. The van der Waals surface area contributed by atoms with Crippen LogP contribution in [-0.2, 0) is 11.2 Å². The van der Waals surface area contributed by atoms with Crippen LogP contribution in [0.2, 0.25) is 0 Å².